The van der Waals surface area contributed by atoms with Crippen molar-refractivity contribution < 1.29 is 4.79 Å². The van der Waals surface area contributed by atoms with E-state index in [2.05, 4.69) is 42.2 Å². The summed E-state index contributed by atoms with van der Waals surface area (Å²) in [7, 11) is 0. The lowest BCUT2D eigenvalue weighted by atomic mass is 9.38. The highest BCUT2D eigenvalue weighted by Gasteiger charge is 2.65. The van der Waals surface area contributed by atoms with Gasteiger partial charge in [-0.2, -0.15) is 0 Å². The summed E-state index contributed by atoms with van der Waals surface area (Å²) in [4.78, 5) is 16.1. The van der Waals surface area contributed by atoms with Crippen molar-refractivity contribution in [1.82, 2.24) is 4.90 Å². The van der Waals surface area contributed by atoms with Gasteiger partial charge in [0.2, 0.25) is 5.91 Å². The van der Waals surface area contributed by atoms with Gasteiger partial charge in [0.05, 0.1) is 5.41 Å². The molecular weight excluding hydrogens is 332 g/mol. The van der Waals surface area contributed by atoms with Crippen molar-refractivity contribution in [3.8, 4) is 0 Å². The first kappa shape index (κ1) is 17.7. The zero-order valence-electron chi connectivity index (χ0n) is 16.8. The van der Waals surface area contributed by atoms with Gasteiger partial charge in [0.25, 0.3) is 0 Å². The number of benzene rings is 1. The number of carbonyl (C=O) groups is 1. The molecule has 5 fully saturated rings. The molecule has 0 aromatic heterocycles. The van der Waals surface area contributed by atoms with E-state index in [4.69, 9.17) is 5.73 Å². The molecule has 4 aliphatic carbocycles. The third kappa shape index (κ3) is 2.85. The summed E-state index contributed by atoms with van der Waals surface area (Å²) in [6.45, 7) is 4.24. The van der Waals surface area contributed by atoms with Gasteiger partial charge in [-0.1, -0.05) is 37.3 Å². The molecule has 3 unspecified atom stereocenters. The summed E-state index contributed by atoms with van der Waals surface area (Å²) in [6, 6.07) is 11.4. The van der Waals surface area contributed by atoms with Crippen molar-refractivity contribution >= 4 is 5.91 Å². The Morgan fingerprint density at radius 3 is 2.63 bits per heavy atom. The van der Waals surface area contributed by atoms with Gasteiger partial charge in [-0.15, -0.1) is 0 Å². The minimum atomic E-state index is -0.127. The van der Waals surface area contributed by atoms with E-state index >= 15 is 0 Å². The number of rotatable bonds is 2. The molecule has 1 amide bonds. The number of amides is 1. The first-order chi connectivity index (χ1) is 12.9. The van der Waals surface area contributed by atoms with E-state index < -0.39 is 0 Å². The van der Waals surface area contributed by atoms with Crippen LogP contribution in [0.2, 0.25) is 0 Å². The third-order valence-corrected chi connectivity index (χ3v) is 8.25. The zero-order chi connectivity index (χ0) is 18.7. The summed E-state index contributed by atoms with van der Waals surface area (Å²) in [6.07, 6.45) is 10.3. The smallest absolute Gasteiger partial charge is 0.228 e. The van der Waals surface area contributed by atoms with Crippen molar-refractivity contribution in [2.75, 3.05) is 13.1 Å². The molecule has 146 valence electrons. The second kappa shape index (κ2) is 6.07. The predicted octanol–water partition coefficient (Wildman–Crippen LogP) is 4.25. The van der Waals surface area contributed by atoms with Gasteiger partial charge in [0.1, 0.15) is 0 Å². The normalized spacial score (nSPS) is 43.6. The largest absolute Gasteiger partial charge is 0.342 e. The Kier molecular flexibility index (Phi) is 3.99. The van der Waals surface area contributed by atoms with Gasteiger partial charge in [-0.3, -0.25) is 4.79 Å². The molecule has 1 aromatic carbocycles. The van der Waals surface area contributed by atoms with Crippen LogP contribution in [0.4, 0.5) is 0 Å². The van der Waals surface area contributed by atoms with Crippen LogP contribution in [-0.2, 0) is 10.2 Å². The summed E-state index contributed by atoms with van der Waals surface area (Å²) in [5.41, 5.74) is 8.08. The highest BCUT2D eigenvalue weighted by molar-refractivity contribution is 5.84. The van der Waals surface area contributed by atoms with Gasteiger partial charge in [-0.25, -0.2) is 0 Å². The lowest BCUT2D eigenvalue weighted by Gasteiger charge is -2.66. The molecule has 2 N–H and O–H groups in total. The minimum absolute atomic E-state index is 0.127. The monoisotopic (exact) mass is 366 g/mol. The van der Waals surface area contributed by atoms with E-state index in [-0.39, 0.29) is 16.9 Å². The van der Waals surface area contributed by atoms with Crippen LogP contribution in [0, 0.1) is 16.7 Å². The Bertz CT molecular complexity index is 733. The topological polar surface area (TPSA) is 46.3 Å². The zero-order valence-corrected chi connectivity index (χ0v) is 16.8. The minimum Gasteiger partial charge on any atom is -0.342 e. The molecule has 4 bridgehead atoms. The lowest BCUT2D eigenvalue weighted by Crippen LogP contribution is -2.62. The van der Waals surface area contributed by atoms with Crippen LogP contribution >= 0.6 is 0 Å². The molecule has 0 spiro atoms. The Balaban J connectivity index is 1.50. The van der Waals surface area contributed by atoms with E-state index in [1.54, 1.807) is 0 Å². The van der Waals surface area contributed by atoms with Crippen LogP contribution in [-0.4, -0.2) is 29.9 Å². The number of likely N-dealkylation sites (tertiary alicyclic amines) is 1. The summed E-state index contributed by atoms with van der Waals surface area (Å²) < 4.78 is 0. The molecule has 3 heteroatoms. The second-order valence-corrected chi connectivity index (χ2v) is 10.7. The Hall–Kier alpha value is -1.35. The van der Waals surface area contributed by atoms with Gasteiger partial charge in [-0.05, 0) is 80.1 Å². The van der Waals surface area contributed by atoms with E-state index in [0.717, 1.165) is 51.6 Å². The molecule has 1 aliphatic heterocycles. The summed E-state index contributed by atoms with van der Waals surface area (Å²) >= 11 is 0. The number of hydrogen-bond donors (Lipinski definition) is 1. The van der Waals surface area contributed by atoms with E-state index in [1.165, 1.54) is 24.8 Å². The number of carbonyl (C=O) groups excluding carboxylic acids is 1. The van der Waals surface area contributed by atoms with E-state index in [9.17, 15) is 4.79 Å². The van der Waals surface area contributed by atoms with Crippen LogP contribution < -0.4 is 5.73 Å². The molecule has 3 nitrogen and oxygen atoms in total. The van der Waals surface area contributed by atoms with Gasteiger partial charge in [0, 0.05) is 19.1 Å². The van der Waals surface area contributed by atoms with E-state index in [0.29, 0.717) is 17.2 Å². The quantitative estimate of drug-likeness (QED) is 0.850. The molecule has 5 aliphatic rings. The highest BCUT2D eigenvalue weighted by atomic mass is 16.2. The SMILES string of the molecule is C[C@]12CC3CC(C(=O)N4CCCC(N)CC4)(C1)C[C@@](c1ccccc1)(C3)C2. The fourth-order valence-corrected chi connectivity index (χ4v) is 7.93. The molecule has 1 saturated heterocycles. The van der Waals surface area contributed by atoms with Gasteiger partial charge >= 0.3 is 0 Å². The van der Waals surface area contributed by atoms with Crippen molar-refractivity contribution in [3.63, 3.8) is 0 Å². The van der Waals surface area contributed by atoms with Crippen LogP contribution in [0.25, 0.3) is 0 Å². The molecule has 1 heterocycles. The molecular formula is C24H34N2O. The Morgan fingerprint density at radius 1 is 1.04 bits per heavy atom. The molecule has 4 saturated carbocycles. The van der Waals surface area contributed by atoms with Crippen molar-refractivity contribution in [2.24, 2.45) is 22.5 Å². The number of nitrogens with zero attached hydrogens (tertiary/aromatic N) is 1. The summed E-state index contributed by atoms with van der Waals surface area (Å²) in [5, 5.41) is 0. The number of hydrogen-bond acceptors (Lipinski definition) is 2. The maximum atomic E-state index is 13.9. The maximum absolute atomic E-state index is 13.9. The summed E-state index contributed by atoms with van der Waals surface area (Å²) in [5.74, 6) is 1.18. The second-order valence-electron chi connectivity index (χ2n) is 10.7. The average molecular weight is 367 g/mol. The molecule has 1 aromatic rings. The lowest BCUT2D eigenvalue weighted by molar-refractivity contribution is -0.170. The average Bonchev–Trinajstić information content (AvgIpc) is 2.84. The predicted molar refractivity (Wildman–Crippen MR) is 108 cm³/mol. The molecule has 0 radical (unpaired) electrons. The molecule has 27 heavy (non-hydrogen) atoms. The van der Waals surface area contributed by atoms with Gasteiger partial charge in [0.15, 0.2) is 0 Å². The van der Waals surface area contributed by atoms with Gasteiger partial charge < -0.3 is 10.6 Å². The van der Waals surface area contributed by atoms with Crippen LogP contribution in [0.5, 0.6) is 0 Å². The Morgan fingerprint density at radius 2 is 1.85 bits per heavy atom. The van der Waals surface area contributed by atoms with Crippen LogP contribution in [0.1, 0.15) is 70.3 Å². The Labute approximate surface area is 163 Å². The van der Waals surface area contributed by atoms with Crippen molar-refractivity contribution in [1.29, 1.82) is 0 Å². The number of nitrogens with two attached hydrogens (primary N) is 1. The van der Waals surface area contributed by atoms with Crippen molar-refractivity contribution in [3.05, 3.63) is 35.9 Å². The fraction of sp³-hybridized carbons (Fsp3) is 0.708. The molecule has 5 atom stereocenters. The first-order valence-corrected chi connectivity index (χ1v) is 11.0. The fourth-order valence-electron chi connectivity index (χ4n) is 7.93. The van der Waals surface area contributed by atoms with Crippen molar-refractivity contribution in [2.45, 2.75) is 76.2 Å². The highest BCUT2D eigenvalue weighted by Crippen LogP contribution is 2.70. The first-order valence-electron chi connectivity index (χ1n) is 11.0. The standard InChI is InChI=1S/C24H34N2O/c1-22-12-18-13-23(15-22,19-6-3-2-4-7-19)17-24(14-18,16-22)21(27)26-10-5-8-20(25)9-11-26/h2-4,6-7,18,20H,5,8-17,25H2,1H3/t18?,20?,22-,23-,24?/m1/s1. The van der Waals surface area contributed by atoms with Crippen LogP contribution in [0.3, 0.4) is 0 Å². The van der Waals surface area contributed by atoms with E-state index in [1.807, 2.05) is 0 Å². The molecule has 6 rings (SSSR count). The maximum Gasteiger partial charge on any atom is 0.228 e. The third-order valence-electron chi connectivity index (χ3n) is 8.25. The van der Waals surface area contributed by atoms with Crippen LogP contribution in [0.15, 0.2) is 30.3 Å².